The Morgan fingerprint density at radius 1 is 1.19 bits per heavy atom. The number of allylic oxidation sites excluding steroid dienone is 4. The lowest BCUT2D eigenvalue weighted by molar-refractivity contribution is -0.121. The number of Topliss-reactive ketones (excluding diaryl/α,β-unsaturated/α-hetero) is 1. The predicted octanol–water partition coefficient (Wildman–Crippen LogP) is 1.11. The van der Waals surface area contributed by atoms with Crippen LogP contribution in [0.3, 0.4) is 0 Å². The van der Waals surface area contributed by atoms with E-state index in [1.807, 2.05) is 25.2 Å². The van der Waals surface area contributed by atoms with Gasteiger partial charge in [0.2, 0.25) is 5.91 Å². The molecule has 88 valence electrons. The van der Waals surface area contributed by atoms with Gasteiger partial charge in [-0.15, -0.1) is 0 Å². The van der Waals surface area contributed by atoms with Crippen LogP contribution in [0.4, 0.5) is 0 Å². The lowest BCUT2D eigenvalue weighted by Crippen LogP contribution is -2.22. The highest BCUT2D eigenvalue weighted by atomic mass is 16.6. The maximum Gasteiger partial charge on any atom is 0.249 e. The summed E-state index contributed by atoms with van der Waals surface area (Å²) in [7, 11) is 0. The van der Waals surface area contributed by atoms with E-state index in [9.17, 15) is 9.59 Å². The second kappa shape index (κ2) is 6.23. The van der Waals surface area contributed by atoms with Crippen LogP contribution in [0.2, 0.25) is 0 Å². The van der Waals surface area contributed by atoms with Crippen LogP contribution in [0.25, 0.3) is 0 Å². The van der Waals surface area contributed by atoms with Gasteiger partial charge in [-0.25, -0.2) is 0 Å². The molecule has 0 bridgehead atoms. The number of carbonyl (C=O) groups excluding carboxylic acids is 2. The Labute approximate surface area is 95.1 Å². The summed E-state index contributed by atoms with van der Waals surface area (Å²) in [5.41, 5.74) is 4.99. The van der Waals surface area contributed by atoms with Crippen molar-refractivity contribution in [2.45, 2.75) is 38.4 Å². The summed E-state index contributed by atoms with van der Waals surface area (Å²) in [6.45, 7) is 1.97. The summed E-state index contributed by atoms with van der Waals surface area (Å²) in [5.74, 6) is -0.638. The highest BCUT2D eigenvalue weighted by Crippen LogP contribution is 2.23. The third kappa shape index (κ3) is 3.98. The number of primary amides is 1. The SMILES string of the molecule is C/C=C/CC/C=C/CC(=O)C1OC1C(N)=O. The summed E-state index contributed by atoms with van der Waals surface area (Å²) in [6.07, 6.45) is 8.75. The number of unbranched alkanes of at least 4 members (excludes halogenated alkanes) is 1. The molecule has 1 aliphatic heterocycles. The molecule has 0 aromatic heterocycles. The van der Waals surface area contributed by atoms with Crippen LogP contribution in [-0.4, -0.2) is 23.9 Å². The number of hydrogen-bond acceptors (Lipinski definition) is 3. The molecule has 1 rings (SSSR count). The van der Waals surface area contributed by atoms with Crippen LogP contribution in [0.5, 0.6) is 0 Å². The monoisotopic (exact) mass is 223 g/mol. The quantitative estimate of drug-likeness (QED) is 0.399. The number of rotatable bonds is 7. The second-order valence-electron chi connectivity index (χ2n) is 3.67. The summed E-state index contributed by atoms with van der Waals surface area (Å²) in [6, 6.07) is 0. The van der Waals surface area contributed by atoms with Crippen LogP contribution in [0, 0.1) is 0 Å². The topological polar surface area (TPSA) is 72.7 Å². The van der Waals surface area contributed by atoms with Crippen molar-refractivity contribution in [3.8, 4) is 0 Å². The van der Waals surface area contributed by atoms with E-state index in [0.29, 0.717) is 6.42 Å². The Hall–Kier alpha value is -1.42. The van der Waals surface area contributed by atoms with Crippen molar-refractivity contribution < 1.29 is 14.3 Å². The molecule has 2 N–H and O–H groups in total. The van der Waals surface area contributed by atoms with Crippen LogP contribution in [0.15, 0.2) is 24.3 Å². The smallest absolute Gasteiger partial charge is 0.249 e. The number of amides is 1. The van der Waals surface area contributed by atoms with Crippen LogP contribution in [0.1, 0.15) is 26.2 Å². The van der Waals surface area contributed by atoms with E-state index in [1.165, 1.54) is 0 Å². The van der Waals surface area contributed by atoms with Crippen molar-refractivity contribution in [1.82, 2.24) is 0 Å². The first kappa shape index (κ1) is 12.6. The van der Waals surface area contributed by atoms with Gasteiger partial charge in [0.25, 0.3) is 0 Å². The Morgan fingerprint density at radius 2 is 1.88 bits per heavy atom. The lowest BCUT2D eigenvalue weighted by atomic mass is 10.1. The molecule has 16 heavy (non-hydrogen) atoms. The van der Waals surface area contributed by atoms with E-state index in [2.05, 4.69) is 6.08 Å². The fourth-order valence-electron chi connectivity index (χ4n) is 1.37. The zero-order valence-corrected chi connectivity index (χ0v) is 9.39. The standard InChI is InChI=1S/C12H17NO3/c1-2-3-4-5-6-7-8-9(14)10-11(16-10)12(13)15/h2-3,6-7,10-11H,4-5,8H2,1H3,(H2,13,15)/b3-2+,7-6+. The third-order valence-electron chi connectivity index (χ3n) is 2.31. The Bertz CT molecular complexity index is 320. The zero-order chi connectivity index (χ0) is 12.0. The molecule has 1 heterocycles. The molecule has 0 aromatic rings. The van der Waals surface area contributed by atoms with E-state index >= 15 is 0 Å². The minimum Gasteiger partial charge on any atom is -0.367 e. The molecular formula is C12H17NO3. The van der Waals surface area contributed by atoms with Gasteiger partial charge in [-0.05, 0) is 19.8 Å². The fourth-order valence-corrected chi connectivity index (χ4v) is 1.37. The molecule has 0 aromatic carbocycles. The summed E-state index contributed by atoms with van der Waals surface area (Å²) in [5, 5.41) is 0. The van der Waals surface area contributed by atoms with Gasteiger partial charge < -0.3 is 10.5 Å². The van der Waals surface area contributed by atoms with Gasteiger partial charge in [0, 0.05) is 6.42 Å². The number of ether oxygens (including phenoxy) is 1. The first-order valence-corrected chi connectivity index (χ1v) is 5.40. The highest BCUT2D eigenvalue weighted by molar-refractivity contribution is 5.95. The first-order valence-electron chi connectivity index (χ1n) is 5.40. The Balaban J connectivity index is 2.14. The average molecular weight is 223 g/mol. The van der Waals surface area contributed by atoms with E-state index < -0.39 is 18.1 Å². The molecule has 4 heteroatoms. The van der Waals surface area contributed by atoms with Crippen molar-refractivity contribution in [3.63, 3.8) is 0 Å². The van der Waals surface area contributed by atoms with Crippen molar-refractivity contribution in [1.29, 1.82) is 0 Å². The average Bonchev–Trinajstić information content (AvgIpc) is 3.02. The minimum atomic E-state index is -0.691. The summed E-state index contributed by atoms with van der Waals surface area (Å²) in [4.78, 5) is 22.1. The molecule has 0 saturated carbocycles. The Kier molecular flexibility index (Phi) is 4.92. The van der Waals surface area contributed by atoms with Crippen molar-refractivity contribution in [2.24, 2.45) is 5.73 Å². The van der Waals surface area contributed by atoms with Gasteiger partial charge in [-0.3, -0.25) is 9.59 Å². The normalized spacial score (nSPS) is 24.1. The lowest BCUT2D eigenvalue weighted by Gasteiger charge is -1.90. The maximum atomic E-state index is 11.4. The molecule has 1 aliphatic rings. The van der Waals surface area contributed by atoms with Gasteiger partial charge in [-0.1, -0.05) is 24.3 Å². The Morgan fingerprint density at radius 3 is 2.44 bits per heavy atom. The van der Waals surface area contributed by atoms with E-state index in [1.54, 1.807) is 0 Å². The first-order chi connectivity index (χ1) is 7.66. The van der Waals surface area contributed by atoms with E-state index in [0.717, 1.165) is 12.8 Å². The molecule has 2 unspecified atom stereocenters. The molecule has 1 amide bonds. The van der Waals surface area contributed by atoms with Crippen molar-refractivity contribution in [2.75, 3.05) is 0 Å². The molecule has 1 saturated heterocycles. The van der Waals surface area contributed by atoms with Crippen LogP contribution in [-0.2, 0) is 14.3 Å². The second-order valence-corrected chi connectivity index (χ2v) is 3.67. The van der Waals surface area contributed by atoms with E-state index in [-0.39, 0.29) is 5.78 Å². The third-order valence-corrected chi connectivity index (χ3v) is 2.31. The van der Waals surface area contributed by atoms with E-state index in [4.69, 9.17) is 10.5 Å². The number of carbonyl (C=O) groups is 2. The van der Waals surface area contributed by atoms with Gasteiger partial charge in [-0.2, -0.15) is 0 Å². The summed E-state index contributed by atoms with van der Waals surface area (Å²) < 4.78 is 4.87. The fraction of sp³-hybridized carbons (Fsp3) is 0.500. The van der Waals surface area contributed by atoms with Crippen LogP contribution >= 0.6 is 0 Å². The van der Waals surface area contributed by atoms with Gasteiger partial charge in [0.1, 0.15) is 0 Å². The molecule has 1 fully saturated rings. The van der Waals surface area contributed by atoms with Gasteiger partial charge >= 0.3 is 0 Å². The molecular weight excluding hydrogens is 206 g/mol. The maximum absolute atomic E-state index is 11.4. The molecule has 2 atom stereocenters. The number of hydrogen-bond donors (Lipinski definition) is 1. The zero-order valence-electron chi connectivity index (χ0n) is 9.39. The minimum absolute atomic E-state index is 0.0777. The molecule has 0 spiro atoms. The molecule has 0 radical (unpaired) electrons. The van der Waals surface area contributed by atoms with Crippen molar-refractivity contribution in [3.05, 3.63) is 24.3 Å². The number of ketones is 1. The van der Waals surface area contributed by atoms with Crippen molar-refractivity contribution >= 4 is 11.7 Å². The summed E-state index contributed by atoms with van der Waals surface area (Å²) >= 11 is 0. The molecule has 4 nitrogen and oxygen atoms in total. The molecule has 0 aliphatic carbocycles. The predicted molar refractivity (Wildman–Crippen MR) is 60.7 cm³/mol. The highest BCUT2D eigenvalue weighted by Gasteiger charge is 2.48. The van der Waals surface area contributed by atoms with Crippen LogP contribution < -0.4 is 5.73 Å². The number of epoxide rings is 1. The largest absolute Gasteiger partial charge is 0.367 e. The van der Waals surface area contributed by atoms with Gasteiger partial charge in [0.15, 0.2) is 18.0 Å². The number of nitrogens with two attached hydrogens (primary N) is 1. The van der Waals surface area contributed by atoms with Gasteiger partial charge in [0.05, 0.1) is 0 Å².